The Morgan fingerprint density at radius 3 is 2.59 bits per heavy atom. The van der Waals surface area contributed by atoms with E-state index in [0.29, 0.717) is 5.78 Å². The molecule has 3 unspecified atom stereocenters. The molecule has 2 fully saturated rings. The fourth-order valence-corrected chi connectivity index (χ4v) is 6.47. The summed E-state index contributed by atoms with van der Waals surface area (Å²) in [7, 11) is 3.41. The smallest absolute Gasteiger partial charge is 0.155 e. The number of ether oxygens (including phenoxy) is 2. The molecule has 2 aromatic carbocycles. The van der Waals surface area contributed by atoms with Crippen LogP contribution in [-0.4, -0.2) is 43.5 Å². The lowest BCUT2D eigenvalue weighted by Crippen LogP contribution is -2.54. The summed E-state index contributed by atoms with van der Waals surface area (Å²) in [5.41, 5.74) is 3.72. The molecule has 5 nitrogen and oxygen atoms in total. The van der Waals surface area contributed by atoms with Crippen molar-refractivity contribution in [2.45, 2.75) is 75.9 Å². The fraction of sp³-hybridized carbons (Fsp3) is 0.552. The van der Waals surface area contributed by atoms with Crippen molar-refractivity contribution < 1.29 is 14.3 Å². The number of nitrogens with zero attached hydrogens (tertiary/aromatic N) is 1. The van der Waals surface area contributed by atoms with Crippen molar-refractivity contribution in [1.82, 2.24) is 4.90 Å². The molecule has 3 aliphatic rings. The Hall–Kier alpha value is -2.53. The van der Waals surface area contributed by atoms with Gasteiger partial charge in [0.1, 0.15) is 11.5 Å². The van der Waals surface area contributed by atoms with Gasteiger partial charge in [0.15, 0.2) is 5.78 Å². The molecule has 1 saturated heterocycles. The van der Waals surface area contributed by atoms with Gasteiger partial charge in [-0.05, 0) is 62.8 Å². The number of hydrogen-bond donors (Lipinski definition) is 1. The van der Waals surface area contributed by atoms with Crippen molar-refractivity contribution in [1.29, 1.82) is 0 Å². The van der Waals surface area contributed by atoms with E-state index in [0.717, 1.165) is 56.6 Å². The Morgan fingerprint density at radius 1 is 0.971 bits per heavy atom. The average Bonchev–Trinajstić information content (AvgIpc) is 3.37. The van der Waals surface area contributed by atoms with Gasteiger partial charge in [-0.3, -0.25) is 9.69 Å². The second-order valence-corrected chi connectivity index (χ2v) is 10.1. The lowest BCUT2D eigenvalue weighted by Gasteiger charge is -2.42. The highest BCUT2D eigenvalue weighted by atomic mass is 16.5. The summed E-state index contributed by atoms with van der Waals surface area (Å²) in [6.45, 7) is 0.947. The van der Waals surface area contributed by atoms with E-state index >= 15 is 0 Å². The molecule has 2 aromatic rings. The highest BCUT2D eigenvalue weighted by Crippen LogP contribution is 2.42. The number of carbonyl (C=O) groups excluding carboxylic acids is 1. The van der Waals surface area contributed by atoms with Gasteiger partial charge in [0, 0.05) is 35.3 Å². The predicted octanol–water partition coefficient (Wildman–Crippen LogP) is 5.79. The van der Waals surface area contributed by atoms with Gasteiger partial charge in [0.2, 0.25) is 0 Å². The number of aryl methyl sites for hydroxylation is 1. The Morgan fingerprint density at radius 2 is 1.79 bits per heavy atom. The van der Waals surface area contributed by atoms with Crippen LogP contribution in [0.3, 0.4) is 0 Å². The van der Waals surface area contributed by atoms with Crippen molar-refractivity contribution >= 4 is 11.5 Å². The summed E-state index contributed by atoms with van der Waals surface area (Å²) in [5.74, 6) is 2.29. The summed E-state index contributed by atoms with van der Waals surface area (Å²) >= 11 is 0. The largest absolute Gasteiger partial charge is 0.497 e. The summed E-state index contributed by atoms with van der Waals surface area (Å²) in [6.07, 6.45) is 9.86. The highest BCUT2D eigenvalue weighted by molar-refractivity contribution is 5.88. The first-order valence-corrected chi connectivity index (χ1v) is 13.1. The van der Waals surface area contributed by atoms with Crippen molar-refractivity contribution in [3.63, 3.8) is 0 Å². The van der Waals surface area contributed by atoms with Crippen molar-refractivity contribution in [2.24, 2.45) is 5.92 Å². The van der Waals surface area contributed by atoms with Crippen LogP contribution in [-0.2, 0) is 11.2 Å². The van der Waals surface area contributed by atoms with Gasteiger partial charge in [-0.15, -0.1) is 0 Å². The number of fused-ring (bicyclic) bond motifs is 1. The zero-order valence-corrected chi connectivity index (χ0v) is 20.6. The zero-order valence-electron chi connectivity index (χ0n) is 20.6. The molecule has 0 bridgehead atoms. The maximum Gasteiger partial charge on any atom is 0.155 e. The number of methoxy groups -OCH3 is 2. The Kier molecular flexibility index (Phi) is 7.10. The van der Waals surface area contributed by atoms with Crippen LogP contribution in [0, 0.1) is 5.92 Å². The topological polar surface area (TPSA) is 50.8 Å². The minimum atomic E-state index is -0.115. The summed E-state index contributed by atoms with van der Waals surface area (Å²) < 4.78 is 11.2. The average molecular weight is 463 g/mol. The third-order valence-corrected chi connectivity index (χ3v) is 8.21. The first-order chi connectivity index (χ1) is 16.7. The minimum absolute atomic E-state index is 0.115. The molecule has 5 heteroatoms. The molecule has 2 heterocycles. The number of benzene rings is 2. The van der Waals surface area contributed by atoms with Crippen LogP contribution < -0.4 is 14.8 Å². The fourth-order valence-electron chi connectivity index (χ4n) is 6.47. The Balaban J connectivity index is 1.48. The van der Waals surface area contributed by atoms with Gasteiger partial charge in [0.25, 0.3) is 0 Å². The van der Waals surface area contributed by atoms with E-state index in [-0.39, 0.29) is 24.0 Å². The molecule has 0 aromatic heterocycles. The molecule has 182 valence electrons. The van der Waals surface area contributed by atoms with Gasteiger partial charge in [0.05, 0.1) is 20.3 Å². The number of carbonyl (C=O) groups is 1. The predicted molar refractivity (Wildman–Crippen MR) is 136 cm³/mol. The van der Waals surface area contributed by atoms with Crippen molar-refractivity contribution in [3.8, 4) is 11.5 Å². The van der Waals surface area contributed by atoms with Crippen LogP contribution in [0.15, 0.2) is 42.5 Å². The highest BCUT2D eigenvalue weighted by Gasteiger charge is 2.43. The van der Waals surface area contributed by atoms with Crippen LogP contribution in [0.1, 0.15) is 68.5 Å². The summed E-state index contributed by atoms with van der Waals surface area (Å²) in [6, 6.07) is 14.9. The molecule has 0 spiro atoms. The van der Waals surface area contributed by atoms with Crippen LogP contribution in [0.5, 0.6) is 11.5 Å². The second-order valence-electron chi connectivity index (χ2n) is 10.1. The molecule has 5 rings (SSSR count). The van der Waals surface area contributed by atoms with Crippen molar-refractivity contribution in [3.05, 3.63) is 53.6 Å². The van der Waals surface area contributed by atoms with Crippen LogP contribution in [0.2, 0.25) is 0 Å². The third-order valence-electron chi connectivity index (χ3n) is 8.21. The molecule has 0 amide bonds. The number of Topliss-reactive ketones (excluding diaryl/α,β-unsaturated/α-hetero) is 1. The van der Waals surface area contributed by atoms with E-state index < -0.39 is 0 Å². The van der Waals surface area contributed by atoms with Crippen LogP contribution in [0.25, 0.3) is 0 Å². The number of likely N-dealkylation sites (tertiary alicyclic amines) is 1. The van der Waals surface area contributed by atoms with E-state index in [1.54, 1.807) is 14.2 Å². The number of hydrogen-bond acceptors (Lipinski definition) is 5. The second kappa shape index (κ2) is 10.4. The molecule has 1 N–H and O–H groups in total. The molecule has 3 atom stereocenters. The molecular formula is C29H38N2O3. The molecular weight excluding hydrogens is 424 g/mol. The van der Waals surface area contributed by atoms with Crippen LogP contribution in [0.4, 0.5) is 5.69 Å². The molecule has 0 radical (unpaired) electrons. The van der Waals surface area contributed by atoms with E-state index in [1.165, 1.54) is 36.1 Å². The first-order valence-electron chi connectivity index (χ1n) is 13.1. The summed E-state index contributed by atoms with van der Waals surface area (Å²) in [5, 5.41) is 3.80. The van der Waals surface area contributed by atoms with Crippen LogP contribution >= 0.6 is 0 Å². The maximum atomic E-state index is 14.2. The molecule has 1 aliphatic carbocycles. The molecule has 1 saturated carbocycles. The quantitative estimate of drug-likeness (QED) is 0.565. The standard InChI is InChI=1S/C29H38N2O3/c1-33-22-15-16-23(27(19-22)34-2)26-13-8-18-31(26)28(29(32)21-10-4-3-5-11-21)25-17-14-20-9-6-7-12-24(20)30-25/h6-7,9,12,15-16,19,21,25-26,28,30H,3-5,8,10-11,13-14,17-18H2,1-2H3. The lowest BCUT2D eigenvalue weighted by atomic mass is 9.79. The summed E-state index contributed by atoms with van der Waals surface area (Å²) in [4.78, 5) is 16.7. The number of para-hydroxylation sites is 1. The number of rotatable bonds is 7. The molecule has 34 heavy (non-hydrogen) atoms. The van der Waals surface area contributed by atoms with E-state index in [2.05, 4.69) is 40.5 Å². The van der Waals surface area contributed by atoms with Crippen molar-refractivity contribution in [2.75, 3.05) is 26.1 Å². The number of anilines is 1. The minimum Gasteiger partial charge on any atom is -0.497 e. The third kappa shape index (κ3) is 4.55. The number of ketones is 1. The Bertz CT molecular complexity index is 1000. The Labute approximate surface area is 203 Å². The lowest BCUT2D eigenvalue weighted by molar-refractivity contribution is -0.130. The monoisotopic (exact) mass is 462 g/mol. The van der Waals surface area contributed by atoms with E-state index in [1.807, 2.05) is 12.1 Å². The normalized spacial score (nSPS) is 24.2. The SMILES string of the molecule is COc1ccc(C2CCCN2C(C(=O)C2CCCCC2)C2CCc3ccccc3N2)c(OC)c1. The van der Waals surface area contributed by atoms with Gasteiger partial charge in [-0.1, -0.05) is 43.5 Å². The molecule has 2 aliphatic heterocycles. The van der Waals surface area contributed by atoms with E-state index in [9.17, 15) is 4.79 Å². The first kappa shape index (κ1) is 23.2. The van der Waals surface area contributed by atoms with Gasteiger partial charge >= 0.3 is 0 Å². The number of nitrogens with one attached hydrogen (secondary N) is 1. The van der Waals surface area contributed by atoms with Gasteiger partial charge < -0.3 is 14.8 Å². The van der Waals surface area contributed by atoms with E-state index in [4.69, 9.17) is 9.47 Å². The van der Waals surface area contributed by atoms with Gasteiger partial charge in [-0.25, -0.2) is 0 Å². The maximum absolute atomic E-state index is 14.2. The zero-order chi connectivity index (χ0) is 23.5. The van der Waals surface area contributed by atoms with Gasteiger partial charge in [-0.2, -0.15) is 0 Å².